The molecule has 1 aliphatic carbocycles. The average Bonchev–Trinajstić information content (AvgIpc) is 4.03. The fourth-order valence-corrected chi connectivity index (χ4v) is 13.0. The van der Waals surface area contributed by atoms with E-state index in [4.69, 9.17) is 0 Å². The third-order valence-corrected chi connectivity index (χ3v) is 15.7. The number of hydrogen-bond donors (Lipinski definition) is 0. The zero-order chi connectivity index (χ0) is 41.5. The Labute approximate surface area is 374 Å². The average molecular weight is 835 g/mol. The van der Waals surface area contributed by atoms with E-state index in [1.807, 2.05) is 22.7 Å². The molecule has 0 saturated carbocycles. The summed E-state index contributed by atoms with van der Waals surface area (Å²) >= 11 is 3.76. The van der Waals surface area contributed by atoms with Gasteiger partial charge in [0, 0.05) is 40.3 Å². The highest BCUT2D eigenvalue weighted by Gasteiger charge is 2.46. The second kappa shape index (κ2) is 14.4. The summed E-state index contributed by atoms with van der Waals surface area (Å²) in [6.07, 6.45) is 0. The summed E-state index contributed by atoms with van der Waals surface area (Å²) in [5.41, 5.74) is 17.0. The summed E-state index contributed by atoms with van der Waals surface area (Å²) in [4.78, 5) is 0. The highest BCUT2D eigenvalue weighted by atomic mass is 32.1. The van der Waals surface area contributed by atoms with E-state index in [2.05, 4.69) is 231 Å². The third-order valence-electron chi connectivity index (χ3n) is 13.4. The van der Waals surface area contributed by atoms with Crippen molar-refractivity contribution < 1.29 is 0 Å². The summed E-state index contributed by atoms with van der Waals surface area (Å²) in [5, 5.41) is 5.31. The van der Waals surface area contributed by atoms with E-state index in [0.29, 0.717) is 0 Å². The van der Waals surface area contributed by atoms with Crippen molar-refractivity contribution in [3.05, 3.63) is 253 Å². The van der Waals surface area contributed by atoms with Gasteiger partial charge in [-0.05, 0) is 120 Å². The van der Waals surface area contributed by atoms with Gasteiger partial charge in [0.25, 0.3) is 0 Å². The largest absolute Gasteiger partial charge is 0.135 e. The molecule has 0 aliphatic heterocycles. The van der Waals surface area contributed by atoms with Crippen molar-refractivity contribution in [3.63, 3.8) is 0 Å². The standard InChI is InChI=1S/C61H38S2/c1-5-30-54-49(23-1)50-24-2-6-31-55(50)61(54,45-21-11-17-41(37-45)39-15-9-19-43(35-39)47-27-14-34-58-59(47)53-26-4-8-33-57(53)62-58)46-22-12-18-42(38-46)40-16-10-20-44(36-40)48-28-13-29-52-51-25-3-7-32-56(51)63-60(48)52/h1-38H. The van der Waals surface area contributed by atoms with Gasteiger partial charge in [0.05, 0.1) is 5.41 Å². The van der Waals surface area contributed by atoms with Crippen molar-refractivity contribution in [2.75, 3.05) is 0 Å². The maximum absolute atomic E-state index is 2.46. The van der Waals surface area contributed by atoms with E-state index in [0.717, 1.165) is 0 Å². The highest BCUT2D eigenvalue weighted by molar-refractivity contribution is 7.26. The first-order valence-electron chi connectivity index (χ1n) is 21.6. The monoisotopic (exact) mass is 834 g/mol. The number of thiophene rings is 2. The van der Waals surface area contributed by atoms with Crippen molar-refractivity contribution in [1.29, 1.82) is 0 Å². The molecule has 63 heavy (non-hydrogen) atoms. The van der Waals surface area contributed by atoms with E-state index >= 15 is 0 Å². The van der Waals surface area contributed by atoms with Gasteiger partial charge in [-0.1, -0.05) is 188 Å². The lowest BCUT2D eigenvalue weighted by molar-refractivity contribution is 0.769. The predicted molar refractivity (Wildman–Crippen MR) is 271 cm³/mol. The minimum absolute atomic E-state index is 0.543. The number of fused-ring (bicyclic) bond motifs is 9. The Hall–Kier alpha value is -7.36. The first kappa shape index (κ1) is 36.3. The zero-order valence-corrected chi connectivity index (χ0v) is 35.9. The van der Waals surface area contributed by atoms with Crippen molar-refractivity contribution in [2.24, 2.45) is 0 Å². The first-order valence-corrected chi connectivity index (χ1v) is 23.3. The van der Waals surface area contributed by atoms with Gasteiger partial charge in [0.2, 0.25) is 0 Å². The first-order chi connectivity index (χ1) is 31.2. The SMILES string of the molecule is c1cc(-c2cccc(C3(c4cccc(-c5cccc(-c6cccc7sc8ccccc8c67)c5)c4)c4ccccc4-c4ccccc43)c2)cc(-c2cccc3c2sc2ccccc23)c1. The molecule has 0 fully saturated rings. The second-order valence-corrected chi connectivity index (χ2v) is 18.9. The molecular formula is C61H38S2. The van der Waals surface area contributed by atoms with Gasteiger partial charge in [-0.3, -0.25) is 0 Å². The van der Waals surface area contributed by atoms with Crippen LogP contribution in [0.3, 0.4) is 0 Å². The molecule has 294 valence electrons. The predicted octanol–water partition coefficient (Wildman–Crippen LogP) is 17.5. The second-order valence-electron chi connectivity index (χ2n) is 16.7. The minimum atomic E-state index is -0.543. The Morgan fingerprint density at radius 2 is 0.698 bits per heavy atom. The van der Waals surface area contributed by atoms with Crippen LogP contribution >= 0.6 is 22.7 Å². The molecule has 0 unspecified atom stereocenters. The summed E-state index contributed by atoms with van der Waals surface area (Å²) in [7, 11) is 0. The Balaban J connectivity index is 0.972. The van der Waals surface area contributed by atoms with Gasteiger partial charge in [-0.2, -0.15) is 0 Å². The van der Waals surface area contributed by atoms with E-state index in [-0.39, 0.29) is 0 Å². The maximum Gasteiger partial charge on any atom is 0.0713 e. The molecule has 0 bridgehead atoms. The number of hydrogen-bond acceptors (Lipinski definition) is 2. The van der Waals surface area contributed by atoms with Crippen LogP contribution in [0.15, 0.2) is 231 Å². The van der Waals surface area contributed by atoms with E-state index in [9.17, 15) is 0 Å². The van der Waals surface area contributed by atoms with Gasteiger partial charge in [0.15, 0.2) is 0 Å². The van der Waals surface area contributed by atoms with Crippen LogP contribution in [0.4, 0.5) is 0 Å². The molecule has 2 aromatic heterocycles. The normalized spacial score (nSPS) is 12.9. The van der Waals surface area contributed by atoms with Crippen LogP contribution in [0, 0.1) is 0 Å². The zero-order valence-electron chi connectivity index (χ0n) is 34.3. The van der Waals surface area contributed by atoms with Crippen LogP contribution in [-0.4, -0.2) is 0 Å². The van der Waals surface area contributed by atoms with Gasteiger partial charge < -0.3 is 0 Å². The van der Waals surface area contributed by atoms with Crippen LogP contribution in [0.2, 0.25) is 0 Å². The summed E-state index contributed by atoms with van der Waals surface area (Å²) in [6, 6.07) is 86.1. The quantitative estimate of drug-likeness (QED) is 0.157. The summed E-state index contributed by atoms with van der Waals surface area (Å²) in [6.45, 7) is 0. The lowest BCUT2D eigenvalue weighted by Crippen LogP contribution is -2.28. The molecule has 0 saturated heterocycles. The smallest absolute Gasteiger partial charge is 0.0713 e. The fourth-order valence-electron chi connectivity index (χ4n) is 10.6. The molecule has 1 aliphatic rings. The van der Waals surface area contributed by atoms with Crippen LogP contribution in [0.25, 0.3) is 96.0 Å². The fraction of sp³-hybridized carbons (Fsp3) is 0.0164. The van der Waals surface area contributed by atoms with Gasteiger partial charge in [-0.25, -0.2) is 0 Å². The molecule has 0 spiro atoms. The van der Waals surface area contributed by atoms with Crippen molar-refractivity contribution in [3.8, 4) is 55.6 Å². The lowest BCUT2D eigenvalue weighted by Gasteiger charge is -2.34. The Bertz CT molecular complexity index is 3720. The molecular weight excluding hydrogens is 797 g/mol. The molecule has 0 atom stereocenters. The molecule has 13 rings (SSSR count). The summed E-state index contributed by atoms with van der Waals surface area (Å²) < 4.78 is 5.31. The van der Waals surface area contributed by atoms with Crippen molar-refractivity contribution >= 4 is 63.0 Å². The molecule has 10 aromatic carbocycles. The van der Waals surface area contributed by atoms with E-state index in [1.54, 1.807) is 0 Å². The number of rotatable bonds is 6. The molecule has 0 N–H and O–H groups in total. The van der Waals surface area contributed by atoms with Crippen molar-refractivity contribution in [1.82, 2.24) is 0 Å². The maximum atomic E-state index is 2.46. The minimum Gasteiger partial charge on any atom is -0.135 e. The Morgan fingerprint density at radius 3 is 1.37 bits per heavy atom. The van der Waals surface area contributed by atoms with Crippen LogP contribution < -0.4 is 0 Å². The number of benzene rings is 10. The lowest BCUT2D eigenvalue weighted by atomic mass is 9.67. The van der Waals surface area contributed by atoms with Gasteiger partial charge in [-0.15, -0.1) is 22.7 Å². The van der Waals surface area contributed by atoms with Crippen LogP contribution in [0.5, 0.6) is 0 Å². The molecule has 12 aromatic rings. The van der Waals surface area contributed by atoms with Gasteiger partial charge >= 0.3 is 0 Å². The highest BCUT2D eigenvalue weighted by Crippen LogP contribution is 2.57. The molecule has 0 radical (unpaired) electrons. The molecule has 2 heterocycles. The summed E-state index contributed by atoms with van der Waals surface area (Å²) in [5.74, 6) is 0. The topological polar surface area (TPSA) is 0 Å². The van der Waals surface area contributed by atoms with Crippen LogP contribution in [-0.2, 0) is 5.41 Å². The Morgan fingerprint density at radius 1 is 0.270 bits per heavy atom. The van der Waals surface area contributed by atoms with Gasteiger partial charge in [0.1, 0.15) is 0 Å². The Kier molecular flexibility index (Phi) is 8.27. The molecule has 0 nitrogen and oxygen atoms in total. The molecule has 0 amide bonds. The van der Waals surface area contributed by atoms with Crippen molar-refractivity contribution in [2.45, 2.75) is 5.41 Å². The van der Waals surface area contributed by atoms with E-state index < -0.39 is 5.41 Å². The van der Waals surface area contributed by atoms with Crippen LogP contribution in [0.1, 0.15) is 22.3 Å². The third kappa shape index (κ3) is 5.59. The molecule has 2 heteroatoms. The van der Waals surface area contributed by atoms with E-state index in [1.165, 1.54) is 118 Å².